The number of benzene rings is 1. The van der Waals surface area contributed by atoms with E-state index in [1.165, 1.54) is 0 Å². The molecule has 1 aromatic carbocycles. The van der Waals surface area contributed by atoms with Gasteiger partial charge in [-0.05, 0) is 56.1 Å². The van der Waals surface area contributed by atoms with Crippen LogP contribution in [0, 0.1) is 0 Å². The van der Waals surface area contributed by atoms with E-state index in [-0.39, 0.29) is 0 Å². The molecule has 0 aliphatic carbocycles. The van der Waals surface area contributed by atoms with E-state index < -0.39 is 12.0 Å². The molecule has 2 aromatic rings. The molecule has 6 heteroatoms. The quantitative estimate of drug-likeness (QED) is 0.544. The summed E-state index contributed by atoms with van der Waals surface area (Å²) in [4.78, 5) is 15.2. The predicted molar refractivity (Wildman–Crippen MR) is 98.1 cm³/mol. The van der Waals surface area contributed by atoms with E-state index in [0.717, 1.165) is 36.5 Å². The fourth-order valence-corrected chi connectivity index (χ4v) is 2.37. The van der Waals surface area contributed by atoms with E-state index in [1.54, 1.807) is 13.2 Å². The fraction of sp³-hybridized carbons (Fsp3) is 0.368. The van der Waals surface area contributed by atoms with E-state index in [9.17, 15) is 4.79 Å². The lowest BCUT2D eigenvalue weighted by molar-refractivity contribution is -0.139. The smallest absolute Gasteiger partial charge is 0.321 e. The molecule has 0 saturated heterocycles. The number of nitrogens with zero attached hydrogens (tertiary/aromatic N) is 1. The first-order chi connectivity index (χ1) is 12.2. The number of unbranched alkanes of at least 4 members (excludes halogenated alkanes) is 1. The summed E-state index contributed by atoms with van der Waals surface area (Å²) in [6, 6.07) is 12.8. The fourth-order valence-electron chi connectivity index (χ4n) is 2.37. The standard InChI is InChI=1S/C19H25N3O3/c1-20-17(19(23)24)14-15-7-9-16(10-8-15)25-13-5-4-12-22-18-6-2-3-11-21-18/h2-3,6-11,17,20H,4-5,12-14H2,1H3,(H,21,22)(H,23,24)/t17-/m0/s1. The number of likely N-dealkylation sites (N-methyl/N-ethyl adjacent to an activating group) is 1. The highest BCUT2D eigenvalue weighted by atomic mass is 16.5. The molecule has 0 fully saturated rings. The number of pyridine rings is 1. The summed E-state index contributed by atoms with van der Waals surface area (Å²) in [6.07, 6.45) is 4.16. The Labute approximate surface area is 148 Å². The van der Waals surface area contributed by atoms with Crippen LogP contribution in [-0.4, -0.2) is 42.3 Å². The molecule has 6 nitrogen and oxygen atoms in total. The minimum absolute atomic E-state index is 0.450. The van der Waals surface area contributed by atoms with Crippen LogP contribution in [0.4, 0.5) is 5.82 Å². The lowest BCUT2D eigenvalue weighted by Crippen LogP contribution is -2.35. The van der Waals surface area contributed by atoms with Gasteiger partial charge < -0.3 is 20.5 Å². The summed E-state index contributed by atoms with van der Waals surface area (Å²) in [7, 11) is 1.65. The highest BCUT2D eigenvalue weighted by Crippen LogP contribution is 2.14. The van der Waals surface area contributed by atoms with E-state index in [1.807, 2.05) is 42.5 Å². The third kappa shape index (κ3) is 6.81. The van der Waals surface area contributed by atoms with E-state index in [0.29, 0.717) is 13.0 Å². The minimum Gasteiger partial charge on any atom is -0.494 e. The predicted octanol–water partition coefficient (Wildman–Crippen LogP) is 2.57. The molecule has 0 aliphatic heterocycles. The van der Waals surface area contributed by atoms with Crippen molar-refractivity contribution < 1.29 is 14.6 Å². The normalized spacial score (nSPS) is 11.7. The van der Waals surface area contributed by atoms with Gasteiger partial charge in [-0.15, -0.1) is 0 Å². The van der Waals surface area contributed by atoms with E-state index in [4.69, 9.17) is 9.84 Å². The van der Waals surface area contributed by atoms with Crippen LogP contribution in [0.3, 0.4) is 0 Å². The first kappa shape index (κ1) is 18.7. The Bertz CT molecular complexity index is 632. The molecule has 0 bridgehead atoms. The van der Waals surface area contributed by atoms with Crippen molar-refractivity contribution in [2.75, 3.05) is 25.5 Å². The highest BCUT2D eigenvalue weighted by molar-refractivity contribution is 5.73. The second kappa shape index (κ2) is 10.3. The molecule has 0 spiro atoms. The molecular formula is C19H25N3O3. The maximum absolute atomic E-state index is 11.0. The SMILES string of the molecule is CN[C@@H](Cc1ccc(OCCCCNc2ccccn2)cc1)C(=O)O. The second-order valence-corrected chi connectivity index (χ2v) is 5.72. The Morgan fingerprint density at radius 3 is 2.64 bits per heavy atom. The van der Waals surface area contributed by atoms with Crippen LogP contribution in [-0.2, 0) is 11.2 Å². The van der Waals surface area contributed by atoms with Crippen LogP contribution in [0.5, 0.6) is 5.75 Å². The van der Waals surface area contributed by atoms with Crippen LogP contribution < -0.4 is 15.4 Å². The summed E-state index contributed by atoms with van der Waals surface area (Å²) in [5.74, 6) is 0.847. The van der Waals surface area contributed by atoms with Crippen molar-refractivity contribution in [1.82, 2.24) is 10.3 Å². The monoisotopic (exact) mass is 343 g/mol. The topological polar surface area (TPSA) is 83.5 Å². The van der Waals surface area contributed by atoms with E-state index >= 15 is 0 Å². The zero-order chi connectivity index (χ0) is 17.9. The van der Waals surface area contributed by atoms with Crippen LogP contribution in [0.1, 0.15) is 18.4 Å². The van der Waals surface area contributed by atoms with E-state index in [2.05, 4.69) is 15.6 Å². The Morgan fingerprint density at radius 1 is 1.20 bits per heavy atom. The lowest BCUT2D eigenvalue weighted by atomic mass is 10.1. The number of aromatic nitrogens is 1. The third-order valence-corrected chi connectivity index (χ3v) is 3.82. The van der Waals surface area contributed by atoms with Crippen molar-refractivity contribution in [3.05, 3.63) is 54.2 Å². The number of ether oxygens (including phenoxy) is 1. The summed E-state index contributed by atoms with van der Waals surface area (Å²) in [5, 5.41) is 15.1. The van der Waals surface area contributed by atoms with Crippen LogP contribution >= 0.6 is 0 Å². The van der Waals surface area contributed by atoms with Gasteiger partial charge in [-0.2, -0.15) is 0 Å². The Kier molecular flexibility index (Phi) is 7.72. The van der Waals surface area contributed by atoms with Crippen molar-refractivity contribution in [2.45, 2.75) is 25.3 Å². The molecule has 3 N–H and O–H groups in total. The van der Waals surface area contributed by atoms with Gasteiger partial charge in [-0.25, -0.2) is 4.98 Å². The number of carboxylic acids is 1. The first-order valence-electron chi connectivity index (χ1n) is 8.46. The van der Waals surface area contributed by atoms with Gasteiger partial charge >= 0.3 is 5.97 Å². The largest absolute Gasteiger partial charge is 0.494 e. The maximum atomic E-state index is 11.0. The number of rotatable bonds is 11. The highest BCUT2D eigenvalue weighted by Gasteiger charge is 2.14. The summed E-state index contributed by atoms with van der Waals surface area (Å²) < 4.78 is 5.72. The molecule has 1 aromatic heterocycles. The Morgan fingerprint density at radius 2 is 2.00 bits per heavy atom. The van der Waals surface area contributed by atoms with Gasteiger partial charge in [-0.1, -0.05) is 18.2 Å². The third-order valence-electron chi connectivity index (χ3n) is 3.82. The number of hydrogen-bond donors (Lipinski definition) is 3. The number of carboxylic acid groups (broad SMARTS) is 1. The molecule has 0 amide bonds. The van der Waals surface area contributed by atoms with Crippen molar-refractivity contribution >= 4 is 11.8 Å². The number of nitrogens with one attached hydrogen (secondary N) is 2. The van der Waals surface area contributed by atoms with Crippen LogP contribution in [0.25, 0.3) is 0 Å². The average molecular weight is 343 g/mol. The Balaban J connectivity index is 1.63. The average Bonchev–Trinajstić information content (AvgIpc) is 2.64. The molecular weight excluding hydrogens is 318 g/mol. The molecule has 1 heterocycles. The van der Waals surface area contributed by atoms with Crippen molar-refractivity contribution in [1.29, 1.82) is 0 Å². The van der Waals surface area contributed by atoms with Gasteiger partial charge in [0.05, 0.1) is 6.61 Å². The van der Waals surface area contributed by atoms with Crippen molar-refractivity contribution in [2.24, 2.45) is 0 Å². The number of aliphatic carboxylic acids is 1. The number of anilines is 1. The number of carbonyl (C=O) groups is 1. The van der Waals surface area contributed by atoms with Gasteiger partial charge in [0.25, 0.3) is 0 Å². The molecule has 0 radical (unpaired) electrons. The first-order valence-corrected chi connectivity index (χ1v) is 8.46. The van der Waals surface area contributed by atoms with Crippen molar-refractivity contribution in [3.63, 3.8) is 0 Å². The van der Waals surface area contributed by atoms with Gasteiger partial charge in [-0.3, -0.25) is 4.79 Å². The molecule has 2 rings (SSSR count). The molecule has 25 heavy (non-hydrogen) atoms. The molecule has 0 unspecified atom stereocenters. The second-order valence-electron chi connectivity index (χ2n) is 5.72. The minimum atomic E-state index is -0.845. The summed E-state index contributed by atoms with van der Waals surface area (Å²) >= 11 is 0. The van der Waals surface area contributed by atoms with Crippen LogP contribution in [0.2, 0.25) is 0 Å². The Hall–Kier alpha value is -2.60. The summed E-state index contributed by atoms with van der Waals surface area (Å²) in [6.45, 7) is 1.51. The number of hydrogen-bond acceptors (Lipinski definition) is 5. The van der Waals surface area contributed by atoms with Gasteiger partial charge in [0, 0.05) is 12.7 Å². The summed E-state index contributed by atoms with van der Waals surface area (Å²) in [5.41, 5.74) is 0.966. The van der Waals surface area contributed by atoms with Crippen molar-refractivity contribution in [3.8, 4) is 5.75 Å². The van der Waals surface area contributed by atoms with Gasteiger partial charge in [0.15, 0.2) is 0 Å². The van der Waals surface area contributed by atoms with Crippen LogP contribution in [0.15, 0.2) is 48.7 Å². The van der Waals surface area contributed by atoms with Gasteiger partial charge in [0.1, 0.15) is 17.6 Å². The maximum Gasteiger partial charge on any atom is 0.321 e. The molecule has 0 saturated carbocycles. The molecule has 1 atom stereocenters. The molecule has 0 aliphatic rings. The molecule has 134 valence electrons. The zero-order valence-corrected chi connectivity index (χ0v) is 14.4. The van der Waals surface area contributed by atoms with Gasteiger partial charge in [0.2, 0.25) is 0 Å². The zero-order valence-electron chi connectivity index (χ0n) is 14.4. The lowest BCUT2D eigenvalue weighted by Gasteiger charge is -2.12.